The number of hydrogen-bond acceptors (Lipinski definition) is 7. The Morgan fingerprint density at radius 3 is 1.74 bits per heavy atom. The average Bonchev–Trinajstić information content (AvgIpc) is 3.52. The van der Waals surface area contributed by atoms with Crippen molar-refractivity contribution in [2.75, 3.05) is 13.2 Å². The van der Waals surface area contributed by atoms with Gasteiger partial charge in [-0.05, 0) is 97.8 Å². The van der Waals surface area contributed by atoms with Gasteiger partial charge in [0.2, 0.25) is 6.29 Å². The van der Waals surface area contributed by atoms with Gasteiger partial charge in [0, 0.05) is 38.1 Å². The Morgan fingerprint density at radius 2 is 1.39 bits per heavy atom. The molecule has 2 aliphatic carbocycles. The van der Waals surface area contributed by atoms with E-state index in [0.29, 0.717) is 30.1 Å². The second-order valence-electron chi connectivity index (χ2n) is 11.3. The summed E-state index contributed by atoms with van der Waals surface area (Å²) in [7, 11) is 0. The van der Waals surface area contributed by atoms with Gasteiger partial charge in [-0.1, -0.05) is 0 Å². The maximum atomic E-state index is 11.5. The minimum Gasteiger partial charge on any atom is -0.444 e. The molecular formula is C27H47F3N2O6. The third-order valence-corrected chi connectivity index (χ3v) is 5.96. The summed E-state index contributed by atoms with van der Waals surface area (Å²) >= 11 is 0. The molecule has 3 fully saturated rings. The van der Waals surface area contributed by atoms with Gasteiger partial charge in [0.1, 0.15) is 17.2 Å². The molecule has 1 saturated heterocycles. The molecule has 0 spiro atoms. The lowest BCUT2D eigenvalue weighted by molar-refractivity contribution is -0.156. The number of ketones is 2. The SMILES string of the molecule is C1CCOC1.CC(=O)CC1CCC(N)C1.CC(=O)CC1CCC(NC(=O)OC(C)(C)C)C1.O=CC(F)(F)F. The molecule has 222 valence electrons. The number of nitrogens with two attached hydrogens (primary N) is 1. The summed E-state index contributed by atoms with van der Waals surface area (Å²) in [5.41, 5.74) is 5.23. The van der Waals surface area contributed by atoms with Crippen LogP contribution >= 0.6 is 0 Å². The van der Waals surface area contributed by atoms with Gasteiger partial charge in [0.15, 0.2) is 0 Å². The highest BCUT2D eigenvalue weighted by molar-refractivity contribution is 5.76. The van der Waals surface area contributed by atoms with Crippen LogP contribution in [0.25, 0.3) is 0 Å². The van der Waals surface area contributed by atoms with E-state index in [1.54, 1.807) is 13.8 Å². The van der Waals surface area contributed by atoms with E-state index in [-0.39, 0.29) is 17.9 Å². The van der Waals surface area contributed by atoms with Crippen molar-refractivity contribution in [3.63, 3.8) is 0 Å². The van der Waals surface area contributed by atoms with Gasteiger partial charge in [-0.15, -0.1) is 0 Å². The molecule has 8 nitrogen and oxygen atoms in total. The van der Waals surface area contributed by atoms with Crippen LogP contribution in [0, 0.1) is 11.8 Å². The van der Waals surface area contributed by atoms with Gasteiger partial charge < -0.3 is 30.1 Å². The Bertz CT molecular complexity index is 713. The van der Waals surface area contributed by atoms with Crippen molar-refractivity contribution in [2.45, 2.75) is 123 Å². The van der Waals surface area contributed by atoms with Crippen molar-refractivity contribution in [1.29, 1.82) is 0 Å². The van der Waals surface area contributed by atoms with E-state index in [1.165, 1.54) is 12.8 Å². The fourth-order valence-electron chi connectivity index (χ4n) is 4.49. The Balaban J connectivity index is 0.000000546. The van der Waals surface area contributed by atoms with Crippen molar-refractivity contribution >= 4 is 23.9 Å². The first kappa shape index (κ1) is 36.0. The number of rotatable bonds is 5. The van der Waals surface area contributed by atoms with E-state index >= 15 is 0 Å². The van der Waals surface area contributed by atoms with Gasteiger partial charge in [-0.3, -0.25) is 4.79 Å². The zero-order valence-corrected chi connectivity index (χ0v) is 23.5. The monoisotopic (exact) mass is 552 g/mol. The number of amides is 1. The average molecular weight is 553 g/mol. The zero-order valence-electron chi connectivity index (χ0n) is 23.5. The first-order valence-corrected chi connectivity index (χ1v) is 13.4. The Morgan fingerprint density at radius 1 is 0.921 bits per heavy atom. The third kappa shape index (κ3) is 22.0. The summed E-state index contributed by atoms with van der Waals surface area (Å²) in [6.07, 6.45) is 4.03. The predicted octanol–water partition coefficient (Wildman–Crippen LogP) is 5.30. The standard InChI is InChI=1S/C13H23NO3.C8H15NO.C4H8O.C2HF3O/c1-9(15)7-10-5-6-11(8-10)14-12(16)17-13(2,3)4;1-6(10)4-7-2-3-8(9)5-7;1-2-4-5-3-1;3-2(4,5)1-6/h10-11H,5-8H2,1-4H3,(H,14,16);7-8H,2-5,9H2,1H3;1-4H2;1H. The van der Waals surface area contributed by atoms with E-state index in [4.69, 9.17) is 20.0 Å². The number of hydrogen-bond donors (Lipinski definition) is 2. The summed E-state index contributed by atoms with van der Waals surface area (Å²) in [5, 5.41) is 2.87. The highest BCUT2D eigenvalue weighted by atomic mass is 19.4. The maximum Gasteiger partial charge on any atom is 0.446 e. The molecule has 0 bridgehead atoms. The lowest BCUT2D eigenvalue weighted by Gasteiger charge is -2.21. The number of aldehydes is 1. The zero-order chi connectivity index (χ0) is 29.4. The van der Waals surface area contributed by atoms with Gasteiger partial charge in [0.05, 0.1) is 0 Å². The van der Waals surface area contributed by atoms with Crippen molar-refractivity contribution in [3.8, 4) is 0 Å². The molecular weight excluding hydrogens is 505 g/mol. The van der Waals surface area contributed by atoms with Crippen LogP contribution in [0.15, 0.2) is 0 Å². The molecule has 3 N–H and O–H groups in total. The van der Waals surface area contributed by atoms with E-state index in [0.717, 1.165) is 58.2 Å². The van der Waals surface area contributed by atoms with Crippen LogP contribution in [0.1, 0.15) is 98.8 Å². The molecule has 1 amide bonds. The topological polar surface area (TPSA) is 125 Å². The molecule has 11 heteroatoms. The van der Waals surface area contributed by atoms with Gasteiger partial charge in [-0.25, -0.2) is 4.79 Å². The van der Waals surface area contributed by atoms with Crippen molar-refractivity contribution < 1.29 is 41.8 Å². The van der Waals surface area contributed by atoms with Crippen LogP contribution in [0.2, 0.25) is 0 Å². The quantitative estimate of drug-likeness (QED) is 0.444. The normalized spacial score (nSPS) is 24.4. The van der Waals surface area contributed by atoms with Crippen molar-refractivity contribution in [2.24, 2.45) is 17.6 Å². The first-order valence-electron chi connectivity index (χ1n) is 13.4. The largest absolute Gasteiger partial charge is 0.446 e. The number of halogens is 3. The number of ether oxygens (including phenoxy) is 2. The molecule has 1 heterocycles. The maximum absolute atomic E-state index is 11.5. The second kappa shape index (κ2) is 18.3. The summed E-state index contributed by atoms with van der Waals surface area (Å²) < 4.78 is 41.4. The summed E-state index contributed by atoms with van der Waals surface area (Å²) in [4.78, 5) is 41.9. The molecule has 3 aliphatic rings. The van der Waals surface area contributed by atoms with Crippen LogP contribution in [0.5, 0.6) is 0 Å². The first-order chi connectivity index (χ1) is 17.5. The van der Waals surface area contributed by atoms with E-state index in [2.05, 4.69) is 5.32 Å². The highest BCUT2D eigenvalue weighted by Gasteiger charge is 2.28. The van der Waals surface area contributed by atoms with Crippen LogP contribution < -0.4 is 11.1 Å². The molecule has 0 aromatic carbocycles. The molecule has 2 saturated carbocycles. The fourth-order valence-corrected chi connectivity index (χ4v) is 4.49. The van der Waals surface area contributed by atoms with Crippen molar-refractivity contribution in [1.82, 2.24) is 5.32 Å². The van der Waals surface area contributed by atoms with E-state index in [1.807, 2.05) is 20.8 Å². The Kier molecular flexibility index (Phi) is 17.3. The molecule has 4 unspecified atom stereocenters. The number of Topliss-reactive ketones (excluding diaryl/α,β-unsaturated/α-hetero) is 2. The van der Waals surface area contributed by atoms with Gasteiger partial charge in [-0.2, -0.15) is 13.2 Å². The molecule has 0 radical (unpaired) electrons. The van der Waals surface area contributed by atoms with E-state index < -0.39 is 18.1 Å². The molecule has 1 aliphatic heterocycles. The number of carbonyl (C=O) groups excluding carboxylic acids is 4. The third-order valence-electron chi connectivity index (χ3n) is 5.96. The van der Waals surface area contributed by atoms with Crippen LogP contribution in [-0.2, 0) is 23.9 Å². The van der Waals surface area contributed by atoms with E-state index in [9.17, 15) is 27.6 Å². The van der Waals surface area contributed by atoms with Gasteiger partial charge in [0.25, 0.3) is 0 Å². The lowest BCUT2D eigenvalue weighted by atomic mass is 10.0. The van der Waals surface area contributed by atoms with Crippen LogP contribution in [0.3, 0.4) is 0 Å². The molecule has 4 atom stereocenters. The van der Waals surface area contributed by atoms with Crippen LogP contribution in [-0.4, -0.2) is 61.0 Å². The Hall–Kier alpha value is -2.01. The summed E-state index contributed by atoms with van der Waals surface area (Å²) in [5.74, 6) is 1.55. The van der Waals surface area contributed by atoms with Crippen molar-refractivity contribution in [3.05, 3.63) is 0 Å². The molecule has 3 rings (SSSR count). The Labute approximate surface area is 224 Å². The number of alkyl carbamates (subject to hydrolysis) is 1. The van der Waals surface area contributed by atoms with Gasteiger partial charge >= 0.3 is 12.3 Å². The summed E-state index contributed by atoms with van der Waals surface area (Å²) in [6, 6.07) is 0.526. The highest BCUT2D eigenvalue weighted by Crippen LogP contribution is 2.29. The predicted molar refractivity (Wildman–Crippen MR) is 139 cm³/mol. The second-order valence-corrected chi connectivity index (χ2v) is 11.3. The number of nitrogens with one attached hydrogen (secondary N) is 1. The molecule has 38 heavy (non-hydrogen) atoms. The van der Waals surface area contributed by atoms with Crippen LogP contribution in [0.4, 0.5) is 18.0 Å². The number of alkyl halides is 3. The summed E-state index contributed by atoms with van der Waals surface area (Å²) in [6.45, 7) is 10.8. The lowest BCUT2D eigenvalue weighted by Crippen LogP contribution is -2.37. The minimum absolute atomic E-state index is 0.161. The molecule has 0 aromatic heterocycles. The molecule has 0 aromatic rings. The fraction of sp³-hybridized carbons (Fsp3) is 0.852. The minimum atomic E-state index is -4.64. The smallest absolute Gasteiger partial charge is 0.444 e. The number of carbonyl (C=O) groups is 4.